The first-order valence-electron chi connectivity index (χ1n) is 5.14. The Morgan fingerprint density at radius 2 is 2.44 bits per heavy atom. The zero-order chi connectivity index (χ0) is 11.8. The SMILES string of the molecule is CC1CCN(S(=O)(=O)c2ccn[nH]2)C1CCl. The number of hydrogen-bond acceptors (Lipinski definition) is 3. The van der Waals surface area contributed by atoms with Crippen molar-refractivity contribution < 1.29 is 8.42 Å². The standard InChI is InChI=1S/C9H14ClN3O2S/c1-7-3-5-13(8(7)6-10)16(14,15)9-2-4-11-12-9/h2,4,7-8H,3,5-6H2,1H3,(H,11,12). The minimum Gasteiger partial charge on any atom is -0.266 e. The Hall–Kier alpha value is -0.590. The molecule has 2 unspecified atom stereocenters. The molecule has 1 saturated heterocycles. The number of sulfonamides is 1. The van der Waals surface area contributed by atoms with Crippen molar-refractivity contribution in [2.75, 3.05) is 12.4 Å². The summed E-state index contributed by atoms with van der Waals surface area (Å²) in [6.45, 7) is 2.55. The Bertz CT molecular complexity index is 445. The molecule has 1 aromatic heterocycles. The molecule has 1 aromatic rings. The maximum Gasteiger partial charge on any atom is 0.260 e. The van der Waals surface area contributed by atoms with Crippen molar-refractivity contribution in [3.8, 4) is 0 Å². The smallest absolute Gasteiger partial charge is 0.260 e. The summed E-state index contributed by atoms with van der Waals surface area (Å²) in [7, 11) is -3.46. The maximum absolute atomic E-state index is 12.2. The Balaban J connectivity index is 2.32. The van der Waals surface area contributed by atoms with Gasteiger partial charge in [0.15, 0.2) is 5.03 Å². The molecule has 0 aliphatic carbocycles. The number of alkyl halides is 1. The molecular formula is C9H14ClN3O2S. The first-order chi connectivity index (χ1) is 7.57. The first-order valence-corrected chi connectivity index (χ1v) is 7.12. The van der Waals surface area contributed by atoms with Gasteiger partial charge in [-0.05, 0) is 18.4 Å². The summed E-state index contributed by atoms with van der Waals surface area (Å²) in [5.74, 6) is 0.629. The lowest BCUT2D eigenvalue weighted by Gasteiger charge is -2.23. The van der Waals surface area contributed by atoms with E-state index in [0.29, 0.717) is 18.3 Å². The highest BCUT2D eigenvalue weighted by molar-refractivity contribution is 7.89. The van der Waals surface area contributed by atoms with E-state index < -0.39 is 10.0 Å². The number of aromatic amines is 1. The fourth-order valence-corrected chi connectivity index (χ4v) is 4.20. The molecule has 0 spiro atoms. The summed E-state index contributed by atoms with van der Waals surface area (Å²) in [4.78, 5) is 0. The molecule has 2 rings (SSSR count). The second-order valence-electron chi connectivity index (χ2n) is 4.02. The summed E-state index contributed by atoms with van der Waals surface area (Å²) in [5, 5.41) is 6.29. The van der Waals surface area contributed by atoms with E-state index in [1.165, 1.54) is 16.6 Å². The Morgan fingerprint density at radius 3 is 3.00 bits per heavy atom. The summed E-state index contributed by atoms with van der Waals surface area (Å²) >= 11 is 5.83. The summed E-state index contributed by atoms with van der Waals surface area (Å²) in [5.41, 5.74) is 0. The van der Waals surface area contributed by atoms with Crippen molar-refractivity contribution >= 4 is 21.6 Å². The van der Waals surface area contributed by atoms with Gasteiger partial charge in [0.1, 0.15) is 0 Å². The van der Waals surface area contributed by atoms with Crippen LogP contribution in [0.4, 0.5) is 0 Å². The largest absolute Gasteiger partial charge is 0.266 e. The molecule has 5 nitrogen and oxygen atoms in total. The van der Waals surface area contributed by atoms with Gasteiger partial charge in [0.25, 0.3) is 10.0 Å². The van der Waals surface area contributed by atoms with Crippen molar-refractivity contribution in [2.45, 2.75) is 24.4 Å². The van der Waals surface area contributed by atoms with Gasteiger partial charge in [0.2, 0.25) is 0 Å². The van der Waals surface area contributed by atoms with Crippen LogP contribution in [-0.2, 0) is 10.0 Å². The van der Waals surface area contributed by atoms with E-state index in [0.717, 1.165) is 6.42 Å². The third-order valence-electron chi connectivity index (χ3n) is 3.05. The van der Waals surface area contributed by atoms with Gasteiger partial charge < -0.3 is 0 Å². The highest BCUT2D eigenvalue weighted by Crippen LogP contribution is 2.29. The van der Waals surface area contributed by atoms with E-state index >= 15 is 0 Å². The summed E-state index contributed by atoms with van der Waals surface area (Å²) in [6.07, 6.45) is 2.28. The number of hydrogen-bond donors (Lipinski definition) is 1. The third kappa shape index (κ3) is 1.85. The van der Waals surface area contributed by atoms with Gasteiger partial charge in [-0.15, -0.1) is 11.6 Å². The molecule has 1 fully saturated rings. The van der Waals surface area contributed by atoms with Crippen molar-refractivity contribution in [2.24, 2.45) is 5.92 Å². The maximum atomic E-state index is 12.2. The highest BCUT2D eigenvalue weighted by Gasteiger charge is 2.39. The van der Waals surface area contributed by atoms with Gasteiger partial charge in [-0.2, -0.15) is 9.40 Å². The van der Waals surface area contributed by atoms with Gasteiger partial charge in [-0.25, -0.2) is 8.42 Å². The molecule has 1 aliphatic heterocycles. The van der Waals surface area contributed by atoms with Crippen LogP contribution in [0.25, 0.3) is 0 Å². The monoisotopic (exact) mass is 263 g/mol. The van der Waals surface area contributed by atoms with Gasteiger partial charge >= 0.3 is 0 Å². The lowest BCUT2D eigenvalue weighted by Crippen LogP contribution is -2.38. The number of H-pyrrole nitrogens is 1. The van der Waals surface area contributed by atoms with Crippen molar-refractivity contribution in [1.29, 1.82) is 0 Å². The van der Waals surface area contributed by atoms with Crippen molar-refractivity contribution in [3.63, 3.8) is 0 Å². The van der Waals surface area contributed by atoms with Crippen molar-refractivity contribution in [1.82, 2.24) is 14.5 Å². The summed E-state index contributed by atoms with van der Waals surface area (Å²) in [6, 6.07) is 1.35. The van der Waals surface area contributed by atoms with Crippen LogP contribution < -0.4 is 0 Å². The lowest BCUT2D eigenvalue weighted by molar-refractivity contribution is 0.374. The van der Waals surface area contributed by atoms with E-state index in [9.17, 15) is 8.42 Å². The van der Waals surface area contributed by atoms with Crippen LogP contribution in [0.3, 0.4) is 0 Å². The van der Waals surface area contributed by atoms with Gasteiger partial charge in [0, 0.05) is 18.5 Å². The molecule has 2 heterocycles. The molecular weight excluding hydrogens is 250 g/mol. The molecule has 0 saturated carbocycles. The normalized spacial score (nSPS) is 27.4. The topological polar surface area (TPSA) is 66.1 Å². The molecule has 1 aliphatic rings. The van der Waals surface area contributed by atoms with Gasteiger partial charge in [-0.1, -0.05) is 6.92 Å². The van der Waals surface area contributed by atoms with E-state index in [1.807, 2.05) is 6.92 Å². The molecule has 16 heavy (non-hydrogen) atoms. The van der Waals surface area contributed by atoms with Crippen LogP contribution in [0.2, 0.25) is 0 Å². The predicted molar refractivity (Wildman–Crippen MR) is 60.8 cm³/mol. The average Bonchev–Trinajstić information content (AvgIpc) is 2.85. The molecule has 2 atom stereocenters. The van der Waals surface area contributed by atoms with Gasteiger partial charge in [0.05, 0.1) is 6.20 Å². The molecule has 90 valence electrons. The van der Waals surface area contributed by atoms with Crippen LogP contribution in [0.5, 0.6) is 0 Å². The Morgan fingerprint density at radius 1 is 1.69 bits per heavy atom. The number of rotatable bonds is 3. The van der Waals surface area contributed by atoms with Crippen LogP contribution >= 0.6 is 11.6 Å². The van der Waals surface area contributed by atoms with Crippen LogP contribution in [0.15, 0.2) is 17.3 Å². The zero-order valence-corrected chi connectivity index (χ0v) is 10.5. The van der Waals surface area contributed by atoms with Crippen LogP contribution in [-0.4, -0.2) is 41.4 Å². The minimum absolute atomic E-state index is 0.116. The van der Waals surface area contributed by atoms with E-state index in [2.05, 4.69) is 10.2 Å². The number of nitrogens with one attached hydrogen (secondary N) is 1. The molecule has 0 amide bonds. The van der Waals surface area contributed by atoms with E-state index in [-0.39, 0.29) is 11.1 Å². The lowest BCUT2D eigenvalue weighted by atomic mass is 10.1. The molecule has 0 aromatic carbocycles. The second-order valence-corrected chi connectivity index (χ2v) is 6.19. The molecule has 7 heteroatoms. The van der Waals surface area contributed by atoms with Gasteiger partial charge in [-0.3, -0.25) is 5.10 Å². The zero-order valence-electron chi connectivity index (χ0n) is 8.93. The fraction of sp³-hybridized carbons (Fsp3) is 0.667. The number of aromatic nitrogens is 2. The Labute approximate surface area is 99.8 Å². The van der Waals surface area contributed by atoms with Crippen molar-refractivity contribution in [3.05, 3.63) is 12.3 Å². The molecule has 0 bridgehead atoms. The number of nitrogens with zero attached hydrogens (tertiary/aromatic N) is 2. The molecule has 1 N–H and O–H groups in total. The fourth-order valence-electron chi connectivity index (χ4n) is 2.01. The highest BCUT2D eigenvalue weighted by atomic mass is 35.5. The molecule has 0 radical (unpaired) electrons. The predicted octanol–water partition coefficient (Wildman–Crippen LogP) is 1.05. The van der Waals surface area contributed by atoms with E-state index in [1.54, 1.807) is 0 Å². The number of halogens is 1. The summed E-state index contributed by atoms with van der Waals surface area (Å²) < 4.78 is 25.9. The quantitative estimate of drug-likeness (QED) is 0.829. The first kappa shape index (κ1) is 11.9. The minimum atomic E-state index is -3.46. The Kier molecular flexibility index (Phi) is 3.23. The van der Waals surface area contributed by atoms with E-state index in [4.69, 9.17) is 11.6 Å². The average molecular weight is 264 g/mol. The third-order valence-corrected chi connectivity index (χ3v) is 5.22. The second kappa shape index (κ2) is 4.35. The van der Waals surface area contributed by atoms with Crippen LogP contribution in [0.1, 0.15) is 13.3 Å². The van der Waals surface area contributed by atoms with Crippen LogP contribution in [0, 0.1) is 5.92 Å².